The van der Waals surface area contributed by atoms with Gasteiger partial charge in [-0.1, -0.05) is 6.92 Å². The number of aromatic nitrogens is 2. The molecule has 100 valence electrons. The Hall–Kier alpha value is -1.86. The van der Waals surface area contributed by atoms with Crippen LogP contribution in [0.3, 0.4) is 0 Å². The Balaban J connectivity index is 2.16. The lowest BCUT2D eigenvalue weighted by atomic mass is 10.2. The van der Waals surface area contributed by atoms with Gasteiger partial charge in [-0.05, 0) is 37.1 Å². The number of hydrogen-bond acceptors (Lipinski definition) is 3. The number of nitriles is 1. The van der Waals surface area contributed by atoms with E-state index in [4.69, 9.17) is 5.26 Å². The Bertz CT molecular complexity index is 565. The number of pyridine rings is 1. The highest BCUT2D eigenvalue weighted by atomic mass is 15.0. The average molecular weight is 256 g/mol. The van der Waals surface area contributed by atoms with Crippen LogP contribution >= 0.6 is 0 Å². The summed E-state index contributed by atoms with van der Waals surface area (Å²) in [6.45, 7) is 4.89. The maximum absolute atomic E-state index is 8.56. The molecule has 0 atom stereocenters. The number of rotatable bonds is 7. The third kappa shape index (κ3) is 3.33. The molecule has 4 nitrogen and oxygen atoms in total. The lowest BCUT2D eigenvalue weighted by molar-refractivity contribution is 0.625. The number of fused-ring (bicyclic) bond motifs is 1. The highest BCUT2D eigenvalue weighted by Gasteiger charge is 2.08. The van der Waals surface area contributed by atoms with Gasteiger partial charge in [0.25, 0.3) is 0 Å². The van der Waals surface area contributed by atoms with Crippen molar-refractivity contribution in [3.05, 3.63) is 30.1 Å². The van der Waals surface area contributed by atoms with Gasteiger partial charge in [0.05, 0.1) is 6.07 Å². The van der Waals surface area contributed by atoms with Gasteiger partial charge < -0.3 is 9.88 Å². The van der Waals surface area contributed by atoms with E-state index in [-0.39, 0.29) is 0 Å². The second-order valence-electron chi connectivity index (χ2n) is 4.62. The van der Waals surface area contributed by atoms with Gasteiger partial charge in [0.15, 0.2) is 0 Å². The second kappa shape index (κ2) is 6.91. The molecule has 1 N–H and O–H groups in total. The summed E-state index contributed by atoms with van der Waals surface area (Å²) in [7, 11) is 0. The monoisotopic (exact) mass is 256 g/mol. The molecule has 0 saturated heterocycles. The minimum absolute atomic E-state index is 0.636. The van der Waals surface area contributed by atoms with Crippen LogP contribution in [0.2, 0.25) is 0 Å². The zero-order chi connectivity index (χ0) is 13.5. The number of aryl methyl sites for hydroxylation is 1. The van der Waals surface area contributed by atoms with Crippen LogP contribution in [-0.4, -0.2) is 16.1 Å². The Labute approximate surface area is 114 Å². The first kappa shape index (κ1) is 13.6. The Morgan fingerprint density at radius 2 is 2.32 bits per heavy atom. The lowest BCUT2D eigenvalue weighted by Crippen LogP contribution is -2.11. The van der Waals surface area contributed by atoms with Crippen molar-refractivity contribution in [2.24, 2.45) is 0 Å². The van der Waals surface area contributed by atoms with Crippen LogP contribution in [0.4, 0.5) is 0 Å². The average Bonchev–Trinajstić information content (AvgIpc) is 2.80. The van der Waals surface area contributed by atoms with Gasteiger partial charge in [0.1, 0.15) is 5.65 Å². The first-order chi connectivity index (χ1) is 9.36. The molecule has 0 amide bonds. The van der Waals surface area contributed by atoms with E-state index in [1.165, 1.54) is 10.9 Å². The maximum atomic E-state index is 8.56. The maximum Gasteiger partial charge on any atom is 0.140 e. The molecule has 4 heteroatoms. The van der Waals surface area contributed by atoms with Gasteiger partial charge in [-0.3, -0.25) is 0 Å². The van der Waals surface area contributed by atoms with Gasteiger partial charge in [-0.15, -0.1) is 0 Å². The summed E-state index contributed by atoms with van der Waals surface area (Å²) in [6.07, 6.45) is 6.63. The third-order valence-electron chi connectivity index (χ3n) is 3.22. The summed E-state index contributed by atoms with van der Waals surface area (Å²) >= 11 is 0. The molecule has 0 aliphatic rings. The van der Waals surface area contributed by atoms with Crippen LogP contribution < -0.4 is 5.32 Å². The van der Waals surface area contributed by atoms with Crippen molar-refractivity contribution in [1.82, 2.24) is 14.9 Å². The molecule has 0 aliphatic carbocycles. The SMILES string of the molecule is CCNCc1cn(CCCCC#N)c2ncccc12. The van der Waals surface area contributed by atoms with E-state index in [1.54, 1.807) is 0 Å². The normalized spacial score (nSPS) is 10.7. The molecule has 0 radical (unpaired) electrons. The van der Waals surface area contributed by atoms with E-state index in [2.05, 4.69) is 40.1 Å². The van der Waals surface area contributed by atoms with E-state index in [9.17, 15) is 0 Å². The van der Waals surface area contributed by atoms with Crippen LogP contribution in [0.15, 0.2) is 24.5 Å². The fourth-order valence-corrected chi connectivity index (χ4v) is 2.25. The predicted molar refractivity (Wildman–Crippen MR) is 76.6 cm³/mol. The van der Waals surface area contributed by atoms with Crippen LogP contribution in [0.25, 0.3) is 11.0 Å². The van der Waals surface area contributed by atoms with Crippen molar-refractivity contribution in [2.45, 2.75) is 39.3 Å². The van der Waals surface area contributed by atoms with Crippen molar-refractivity contribution in [3.8, 4) is 6.07 Å². The molecule has 0 spiro atoms. The van der Waals surface area contributed by atoms with Crippen LogP contribution in [0.1, 0.15) is 31.7 Å². The molecule has 0 unspecified atom stereocenters. The second-order valence-corrected chi connectivity index (χ2v) is 4.62. The van der Waals surface area contributed by atoms with Gasteiger partial charge in [0, 0.05) is 37.3 Å². The lowest BCUT2D eigenvalue weighted by Gasteiger charge is -2.02. The minimum Gasteiger partial charge on any atom is -0.332 e. The van der Waals surface area contributed by atoms with Crippen molar-refractivity contribution in [3.63, 3.8) is 0 Å². The fraction of sp³-hybridized carbons (Fsp3) is 0.467. The van der Waals surface area contributed by atoms with Crippen LogP contribution in [-0.2, 0) is 13.1 Å². The first-order valence-electron chi connectivity index (χ1n) is 6.87. The summed E-state index contributed by atoms with van der Waals surface area (Å²) in [4.78, 5) is 4.48. The minimum atomic E-state index is 0.636. The van der Waals surface area contributed by atoms with Gasteiger partial charge in [0.2, 0.25) is 0 Å². The molecular formula is C15H20N4. The molecule has 2 rings (SSSR count). The quantitative estimate of drug-likeness (QED) is 0.775. The molecule has 0 fully saturated rings. The van der Waals surface area contributed by atoms with Gasteiger partial charge >= 0.3 is 0 Å². The molecule has 2 aromatic rings. The van der Waals surface area contributed by atoms with Crippen LogP contribution in [0, 0.1) is 11.3 Å². The van der Waals surface area contributed by atoms with Crippen molar-refractivity contribution in [1.29, 1.82) is 5.26 Å². The van der Waals surface area contributed by atoms with E-state index < -0.39 is 0 Å². The summed E-state index contributed by atoms with van der Waals surface area (Å²) in [5.74, 6) is 0. The van der Waals surface area contributed by atoms with E-state index in [1.807, 2.05) is 12.3 Å². The van der Waals surface area contributed by atoms with Gasteiger partial charge in [-0.2, -0.15) is 5.26 Å². The number of nitrogens with zero attached hydrogens (tertiary/aromatic N) is 3. The Kier molecular flexibility index (Phi) is 4.93. The molecule has 0 aliphatic heterocycles. The topological polar surface area (TPSA) is 53.6 Å². The number of unbranched alkanes of at least 4 members (excludes halogenated alkanes) is 2. The molecule has 0 bridgehead atoms. The first-order valence-corrected chi connectivity index (χ1v) is 6.87. The van der Waals surface area contributed by atoms with Crippen molar-refractivity contribution < 1.29 is 0 Å². The Morgan fingerprint density at radius 3 is 3.11 bits per heavy atom. The number of nitrogens with one attached hydrogen (secondary N) is 1. The zero-order valence-electron chi connectivity index (χ0n) is 11.4. The molecule has 0 saturated carbocycles. The highest BCUT2D eigenvalue weighted by molar-refractivity contribution is 5.80. The fourth-order valence-electron chi connectivity index (χ4n) is 2.25. The summed E-state index contributed by atoms with van der Waals surface area (Å²) in [6, 6.07) is 6.30. The number of hydrogen-bond donors (Lipinski definition) is 1. The highest BCUT2D eigenvalue weighted by Crippen LogP contribution is 2.19. The standard InChI is InChI=1S/C15H20N4/c1-2-17-11-13-12-19(10-5-3-4-8-16)15-14(13)7-6-9-18-15/h6-7,9,12,17H,2-5,10-11H2,1H3. The Morgan fingerprint density at radius 1 is 1.42 bits per heavy atom. The van der Waals surface area contributed by atoms with Gasteiger partial charge in [-0.25, -0.2) is 4.98 Å². The zero-order valence-corrected chi connectivity index (χ0v) is 11.4. The molecular weight excluding hydrogens is 236 g/mol. The summed E-state index contributed by atoms with van der Waals surface area (Å²) in [5.41, 5.74) is 2.34. The molecule has 19 heavy (non-hydrogen) atoms. The molecule has 2 heterocycles. The summed E-state index contributed by atoms with van der Waals surface area (Å²) in [5, 5.41) is 13.1. The predicted octanol–water partition coefficient (Wildman–Crippen LogP) is 2.84. The van der Waals surface area contributed by atoms with Crippen molar-refractivity contribution >= 4 is 11.0 Å². The molecule has 0 aromatic carbocycles. The smallest absolute Gasteiger partial charge is 0.140 e. The van der Waals surface area contributed by atoms with Crippen LogP contribution in [0.5, 0.6) is 0 Å². The van der Waals surface area contributed by atoms with E-state index in [0.717, 1.165) is 38.1 Å². The molecule has 2 aromatic heterocycles. The van der Waals surface area contributed by atoms with E-state index >= 15 is 0 Å². The summed E-state index contributed by atoms with van der Waals surface area (Å²) < 4.78 is 2.21. The largest absolute Gasteiger partial charge is 0.332 e. The van der Waals surface area contributed by atoms with E-state index in [0.29, 0.717) is 6.42 Å². The third-order valence-corrected chi connectivity index (χ3v) is 3.22. The van der Waals surface area contributed by atoms with Crippen molar-refractivity contribution in [2.75, 3.05) is 6.54 Å².